The smallest absolute Gasteiger partial charge is 0.227 e. The van der Waals surface area contributed by atoms with Crippen molar-refractivity contribution >= 4 is 33.1 Å². The molecule has 1 aliphatic rings. The molecule has 0 radical (unpaired) electrons. The number of nitrogens with zero attached hydrogens (tertiary/aromatic N) is 1. The molecule has 0 spiro atoms. The Morgan fingerprint density at radius 2 is 1.91 bits per heavy atom. The van der Waals surface area contributed by atoms with E-state index >= 15 is 0 Å². The molecule has 3 aromatic rings. The van der Waals surface area contributed by atoms with E-state index in [1.807, 2.05) is 42.5 Å². The summed E-state index contributed by atoms with van der Waals surface area (Å²) in [5, 5.41) is 3.99. The minimum Gasteiger partial charge on any atom is -0.326 e. The van der Waals surface area contributed by atoms with E-state index in [0.717, 1.165) is 28.2 Å². The minimum absolute atomic E-state index is 0.139. The second kappa shape index (κ2) is 5.21. The molecule has 1 aromatic heterocycles. The molecule has 0 saturated heterocycles. The van der Waals surface area contributed by atoms with Crippen LogP contribution in [0.1, 0.15) is 13.3 Å². The van der Waals surface area contributed by atoms with Crippen LogP contribution in [0.3, 0.4) is 0 Å². The molecule has 1 saturated carbocycles. The van der Waals surface area contributed by atoms with Gasteiger partial charge in [0.2, 0.25) is 5.91 Å². The Hall–Kier alpha value is -2.20. The van der Waals surface area contributed by atoms with Crippen molar-refractivity contribution in [2.45, 2.75) is 13.3 Å². The first-order valence-corrected chi connectivity index (χ1v) is 8.29. The topological polar surface area (TPSA) is 42.0 Å². The Balaban J connectivity index is 1.54. The maximum atomic E-state index is 11.9. The van der Waals surface area contributed by atoms with Crippen LogP contribution in [0.25, 0.3) is 20.8 Å². The number of benzene rings is 2. The largest absolute Gasteiger partial charge is 0.326 e. The van der Waals surface area contributed by atoms with E-state index in [1.54, 1.807) is 11.3 Å². The van der Waals surface area contributed by atoms with Crippen LogP contribution in [-0.2, 0) is 4.79 Å². The molecule has 4 rings (SSSR count). The van der Waals surface area contributed by atoms with Gasteiger partial charge in [-0.25, -0.2) is 4.98 Å². The molecule has 1 N–H and O–H groups in total. The van der Waals surface area contributed by atoms with Gasteiger partial charge in [0.1, 0.15) is 5.01 Å². The van der Waals surface area contributed by atoms with Gasteiger partial charge in [0, 0.05) is 17.2 Å². The van der Waals surface area contributed by atoms with Gasteiger partial charge in [-0.3, -0.25) is 4.79 Å². The number of carbonyl (C=O) groups excluding carboxylic acids is 1. The maximum absolute atomic E-state index is 11.9. The molecule has 110 valence electrons. The average molecular weight is 308 g/mol. The molecule has 3 nitrogen and oxygen atoms in total. The molecule has 0 bridgehead atoms. The summed E-state index contributed by atoms with van der Waals surface area (Å²) in [6.07, 6.45) is 1.01. The lowest BCUT2D eigenvalue weighted by Gasteiger charge is -2.05. The summed E-state index contributed by atoms with van der Waals surface area (Å²) in [6.45, 7) is 2.11. The summed E-state index contributed by atoms with van der Waals surface area (Å²) in [5.41, 5.74) is 2.97. The van der Waals surface area contributed by atoms with E-state index in [1.165, 1.54) is 4.70 Å². The monoisotopic (exact) mass is 308 g/mol. The van der Waals surface area contributed by atoms with Crippen molar-refractivity contribution in [1.29, 1.82) is 0 Å². The number of thiazole rings is 1. The van der Waals surface area contributed by atoms with Gasteiger partial charge in [-0.15, -0.1) is 11.3 Å². The fourth-order valence-electron chi connectivity index (χ4n) is 2.61. The summed E-state index contributed by atoms with van der Waals surface area (Å²) in [6, 6.07) is 16.1. The van der Waals surface area contributed by atoms with Crippen molar-refractivity contribution in [3.8, 4) is 10.6 Å². The number of carbonyl (C=O) groups is 1. The van der Waals surface area contributed by atoms with E-state index in [2.05, 4.69) is 23.3 Å². The molecule has 1 heterocycles. The SMILES string of the molecule is CC1CC1C(=O)Nc1ccc(-c2nc3ccccc3s2)cc1. The van der Waals surface area contributed by atoms with Crippen molar-refractivity contribution in [1.82, 2.24) is 4.98 Å². The quantitative estimate of drug-likeness (QED) is 0.771. The summed E-state index contributed by atoms with van der Waals surface area (Å²) in [7, 11) is 0. The number of anilines is 1. The third-order valence-electron chi connectivity index (χ3n) is 4.14. The number of nitrogens with one attached hydrogen (secondary N) is 1. The fourth-order valence-corrected chi connectivity index (χ4v) is 3.59. The lowest BCUT2D eigenvalue weighted by molar-refractivity contribution is -0.117. The number of amides is 1. The second-order valence-corrected chi connectivity index (χ2v) is 6.90. The van der Waals surface area contributed by atoms with Gasteiger partial charge < -0.3 is 5.32 Å². The summed E-state index contributed by atoms with van der Waals surface area (Å²) in [5.74, 6) is 0.867. The minimum atomic E-state index is 0.139. The van der Waals surface area contributed by atoms with E-state index in [9.17, 15) is 4.79 Å². The second-order valence-electron chi connectivity index (χ2n) is 5.87. The Morgan fingerprint density at radius 3 is 2.59 bits per heavy atom. The number of hydrogen-bond acceptors (Lipinski definition) is 3. The highest BCUT2D eigenvalue weighted by Crippen LogP contribution is 2.38. The van der Waals surface area contributed by atoms with Crippen molar-refractivity contribution in [3.63, 3.8) is 0 Å². The fraction of sp³-hybridized carbons (Fsp3) is 0.222. The summed E-state index contributed by atoms with van der Waals surface area (Å²) >= 11 is 1.69. The van der Waals surface area contributed by atoms with Crippen molar-refractivity contribution in [3.05, 3.63) is 48.5 Å². The number of hydrogen-bond donors (Lipinski definition) is 1. The van der Waals surface area contributed by atoms with Crippen LogP contribution in [0.5, 0.6) is 0 Å². The molecule has 1 amide bonds. The van der Waals surface area contributed by atoms with Gasteiger partial charge in [-0.05, 0) is 48.7 Å². The Morgan fingerprint density at radius 1 is 1.18 bits per heavy atom. The number of para-hydroxylation sites is 1. The average Bonchev–Trinajstić information content (AvgIpc) is 3.11. The standard InChI is InChI=1S/C18H16N2OS/c1-11-10-14(11)17(21)19-13-8-6-12(7-9-13)18-20-15-4-2-3-5-16(15)22-18/h2-9,11,14H,10H2,1H3,(H,19,21). The molecule has 2 unspecified atom stereocenters. The summed E-state index contributed by atoms with van der Waals surface area (Å²) < 4.78 is 1.19. The van der Waals surface area contributed by atoms with Gasteiger partial charge in [0.15, 0.2) is 0 Å². The zero-order valence-electron chi connectivity index (χ0n) is 12.2. The molecular formula is C18H16N2OS. The molecule has 0 aliphatic heterocycles. The zero-order valence-corrected chi connectivity index (χ0v) is 13.1. The lowest BCUT2D eigenvalue weighted by atomic mass is 10.2. The van der Waals surface area contributed by atoms with E-state index in [0.29, 0.717) is 5.92 Å². The van der Waals surface area contributed by atoms with Crippen LogP contribution in [0.4, 0.5) is 5.69 Å². The first-order chi connectivity index (χ1) is 10.7. The van der Waals surface area contributed by atoms with Gasteiger partial charge >= 0.3 is 0 Å². The van der Waals surface area contributed by atoms with Crippen molar-refractivity contribution < 1.29 is 4.79 Å². The van der Waals surface area contributed by atoms with Crippen molar-refractivity contribution in [2.75, 3.05) is 5.32 Å². The van der Waals surface area contributed by atoms with Crippen molar-refractivity contribution in [2.24, 2.45) is 11.8 Å². The van der Waals surface area contributed by atoms with E-state index < -0.39 is 0 Å². The van der Waals surface area contributed by atoms with Gasteiger partial charge in [0.25, 0.3) is 0 Å². The molecular weight excluding hydrogens is 292 g/mol. The third kappa shape index (κ3) is 2.50. The molecule has 22 heavy (non-hydrogen) atoms. The van der Waals surface area contributed by atoms with Gasteiger partial charge in [-0.1, -0.05) is 19.1 Å². The third-order valence-corrected chi connectivity index (χ3v) is 5.22. The van der Waals surface area contributed by atoms with Crippen LogP contribution in [0.2, 0.25) is 0 Å². The van der Waals surface area contributed by atoms with Crippen LogP contribution in [0, 0.1) is 11.8 Å². The van der Waals surface area contributed by atoms with Crippen LogP contribution in [-0.4, -0.2) is 10.9 Å². The Kier molecular flexibility index (Phi) is 3.19. The predicted octanol–water partition coefficient (Wildman–Crippen LogP) is 4.56. The highest BCUT2D eigenvalue weighted by atomic mass is 32.1. The lowest BCUT2D eigenvalue weighted by Crippen LogP contribution is -2.14. The predicted molar refractivity (Wildman–Crippen MR) is 91.0 cm³/mol. The molecule has 1 aliphatic carbocycles. The molecule has 4 heteroatoms. The maximum Gasteiger partial charge on any atom is 0.227 e. The molecule has 2 atom stereocenters. The van der Waals surface area contributed by atoms with Crippen LogP contribution >= 0.6 is 11.3 Å². The zero-order chi connectivity index (χ0) is 15.1. The van der Waals surface area contributed by atoms with Gasteiger partial charge in [-0.2, -0.15) is 0 Å². The van der Waals surface area contributed by atoms with Crippen LogP contribution < -0.4 is 5.32 Å². The Bertz CT molecular complexity index is 805. The first-order valence-electron chi connectivity index (χ1n) is 7.47. The highest BCUT2D eigenvalue weighted by Gasteiger charge is 2.38. The number of aromatic nitrogens is 1. The normalized spacial score (nSPS) is 20.0. The number of rotatable bonds is 3. The highest BCUT2D eigenvalue weighted by molar-refractivity contribution is 7.21. The first kappa shape index (κ1) is 13.5. The van der Waals surface area contributed by atoms with E-state index in [4.69, 9.17) is 0 Å². The Labute approximate surface area is 133 Å². The van der Waals surface area contributed by atoms with Crippen LogP contribution in [0.15, 0.2) is 48.5 Å². The number of fused-ring (bicyclic) bond motifs is 1. The van der Waals surface area contributed by atoms with Gasteiger partial charge in [0.05, 0.1) is 10.2 Å². The summed E-state index contributed by atoms with van der Waals surface area (Å²) in [4.78, 5) is 16.6. The molecule has 1 fully saturated rings. The van der Waals surface area contributed by atoms with E-state index in [-0.39, 0.29) is 11.8 Å². The molecule has 2 aromatic carbocycles.